The lowest BCUT2D eigenvalue weighted by atomic mass is 10.2. The van der Waals surface area contributed by atoms with Crippen LogP contribution in [0.3, 0.4) is 0 Å². The highest BCUT2D eigenvalue weighted by molar-refractivity contribution is 5.71. The van der Waals surface area contributed by atoms with Crippen LogP contribution in [0.25, 0.3) is 0 Å². The second-order valence-electron chi connectivity index (χ2n) is 7.23. The lowest BCUT2D eigenvalue weighted by Crippen LogP contribution is -2.32. The van der Waals surface area contributed by atoms with Gasteiger partial charge >= 0.3 is 6.03 Å². The SMILES string of the molecule is NCCCCCn1cc(COCCOCCOCCOCCOCCOCCNC(N)=O)nn1. The molecule has 0 aliphatic heterocycles. The fourth-order valence-corrected chi connectivity index (χ4v) is 2.63. The lowest BCUT2D eigenvalue weighted by molar-refractivity contribution is -0.0176. The number of hydrogen-bond acceptors (Lipinski definition) is 10. The molecule has 0 unspecified atom stereocenters. The number of rotatable bonds is 25. The number of ether oxygens (including phenoxy) is 6. The normalized spacial score (nSPS) is 11.2. The van der Waals surface area contributed by atoms with Gasteiger partial charge in [-0.05, 0) is 19.4 Å². The molecule has 1 heterocycles. The molecule has 0 spiro atoms. The minimum Gasteiger partial charge on any atom is -0.377 e. The van der Waals surface area contributed by atoms with Crippen LogP contribution in [0.2, 0.25) is 0 Å². The van der Waals surface area contributed by atoms with Gasteiger partial charge in [0, 0.05) is 13.1 Å². The van der Waals surface area contributed by atoms with E-state index in [9.17, 15) is 4.79 Å². The molecular formula is C21H42N6O7. The smallest absolute Gasteiger partial charge is 0.312 e. The van der Waals surface area contributed by atoms with E-state index in [-0.39, 0.29) is 0 Å². The van der Waals surface area contributed by atoms with E-state index in [0.29, 0.717) is 85.8 Å². The van der Waals surface area contributed by atoms with Crippen LogP contribution in [-0.2, 0) is 41.6 Å². The maximum absolute atomic E-state index is 10.4. The van der Waals surface area contributed by atoms with Crippen LogP contribution in [0.5, 0.6) is 0 Å². The first-order valence-corrected chi connectivity index (χ1v) is 11.8. The monoisotopic (exact) mass is 490 g/mol. The number of primary amides is 1. The molecule has 1 rings (SSSR count). The summed E-state index contributed by atoms with van der Waals surface area (Å²) in [5, 5.41) is 10.6. The highest BCUT2D eigenvalue weighted by atomic mass is 16.6. The average molecular weight is 491 g/mol. The molecule has 2 amide bonds. The van der Waals surface area contributed by atoms with E-state index < -0.39 is 6.03 Å². The first-order valence-electron chi connectivity index (χ1n) is 11.8. The third-order valence-corrected chi connectivity index (χ3v) is 4.33. The van der Waals surface area contributed by atoms with Gasteiger partial charge in [-0.15, -0.1) is 5.10 Å². The van der Waals surface area contributed by atoms with Crippen molar-refractivity contribution < 1.29 is 33.2 Å². The molecule has 0 bridgehead atoms. The van der Waals surface area contributed by atoms with Crippen molar-refractivity contribution in [1.82, 2.24) is 20.3 Å². The zero-order valence-corrected chi connectivity index (χ0v) is 20.2. The minimum atomic E-state index is -0.558. The zero-order chi connectivity index (χ0) is 24.5. The van der Waals surface area contributed by atoms with E-state index in [1.807, 2.05) is 10.9 Å². The highest BCUT2D eigenvalue weighted by Crippen LogP contribution is 2.00. The largest absolute Gasteiger partial charge is 0.377 e. The van der Waals surface area contributed by atoms with Gasteiger partial charge in [0.2, 0.25) is 0 Å². The quantitative estimate of drug-likeness (QED) is 0.154. The van der Waals surface area contributed by atoms with Gasteiger partial charge in [-0.3, -0.25) is 4.68 Å². The Morgan fingerprint density at radius 3 is 1.85 bits per heavy atom. The molecule has 13 nitrogen and oxygen atoms in total. The predicted molar refractivity (Wildman–Crippen MR) is 124 cm³/mol. The molecular weight excluding hydrogens is 448 g/mol. The van der Waals surface area contributed by atoms with Crippen LogP contribution in [0.4, 0.5) is 4.79 Å². The third kappa shape index (κ3) is 19.6. The highest BCUT2D eigenvalue weighted by Gasteiger charge is 2.01. The number of aryl methyl sites for hydroxylation is 1. The average Bonchev–Trinajstić information content (AvgIpc) is 3.28. The van der Waals surface area contributed by atoms with Crippen LogP contribution in [0.1, 0.15) is 25.0 Å². The molecule has 0 radical (unpaired) electrons. The summed E-state index contributed by atoms with van der Waals surface area (Å²) in [6.45, 7) is 7.66. The van der Waals surface area contributed by atoms with E-state index in [0.717, 1.165) is 38.0 Å². The van der Waals surface area contributed by atoms with E-state index in [4.69, 9.17) is 39.9 Å². The van der Waals surface area contributed by atoms with Crippen molar-refractivity contribution in [3.05, 3.63) is 11.9 Å². The van der Waals surface area contributed by atoms with E-state index in [1.54, 1.807) is 0 Å². The van der Waals surface area contributed by atoms with E-state index in [1.165, 1.54) is 0 Å². The number of amides is 2. The Kier molecular flexibility index (Phi) is 20.3. The number of unbranched alkanes of at least 4 members (excludes halogenated alkanes) is 2. The Morgan fingerprint density at radius 1 is 0.794 bits per heavy atom. The molecule has 0 saturated heterocycles. The Hall–Kier alpha value is -1.87. The van der Waals surface area contributed by atoms with E-state index >= 15 is 0 Å². The number of nitrogens with two attached hydrogens (primary N) is 2. The molecule has 0 saturated carbocycles. The predicted octanol–water partition coefficient (Wildman–Crippen LogP) is -0.325. The third-order valence-electron chi connectivity index (χ3n) is 4.33. The Balaban J connectivity index is 1.74. The molecule has 1 aromatic heterocycles. The van der Waals surface area contributed by atoms with Gasteiger partial charge < -0.3 is 45.2 Å². The maximum Gasteiger partial charge on any atom is 0.312 e. The first-order chi connectivity index (χ1) is 16.7. The van der Waals surface area contributed by atoms with Crippen molar-refractivity contribution in [3.63, 3.8) is 0 Å². The van der Waals surface area contributed by atoms with Crippen molar-refractivity contribution >= 4 is 6.03 Å². The fourth-order valence-electron chi connectivity index (χ4n) is 2.63. The van der Waals surface area contributed by atoms with Gasteiger partial charge in [-0.1, -0.05) is 11.6 Å². The molecule has 1 aromatic rings. The van der Waals surface area contributed by atoms with Crippen molar-refractivity contribution in [2.75, 3.05) is 85.8 Å². The number of carbonyl (C=O) groups is 1. The molecule has 0 aliphatic rings. The number of nitrogens with zero attached hydrogens (tertiary/aromatic N) is 3. The molecule has 0 atom stereocenters. The summed E-state index contributed by atoms with van der Waals surface area (Å²) in [6.07, 6.45) is 5.10. The summed E-state index contributed by atoms with van der Waals surface area (Å²) < 4.78 is 34.3. The summed E-state index contributed by atoms with van der Waals surface area (Å²) in [6, 6.07) is -0.558. The van der Waals surface area contributed by atoms with Gasteiger partial charge in [0.05, 0.1) is 85.5 Å². The number of aromatic nitrogens is 3. The van der Waals surface area contributed by atoms with Crippen LogP contribution in [0.15, 0.2) is 6.20 Å². The standard InChI is InChI=1S/C21H42N6O7/c22-4-2-1-3-6-27-18-20(25-26-27)19-34-17-16-33-15-14-32-13-12-31-11-10-30-9-8-29-7-5-24-21(23)28/h18H,1-17,19,22H2,(H3,23,24,28). The second-order valence-corrected chi connectivity index (χ2v) is 7.23. The first kappa shape index (κ1) is 30.2. The maximum atomic E-state index is 10.4. The van der Waals surface area contributed by atoms with Crippen molar-refractivity contribution in [1.29, 1.82) is 0 Å². The molecule has 13 heteroatoms. The summed E-state index contributed by atoms with van der Waals surface area (Å²) >= 11 is 0. The van der Waals surface area contributed by atoms with Crippen molar-refractivity contribution in [2.45, 2.75) is 32.4 Å². The molecule has 0 fully saturated rings. The van der Waals surface area contributed by atoms with Crippen LogP contribution < -0.4 is 16.8 Å². The number of hydrogen-bond donors (Lipinski definition) is 3. The molecule has 5 N–H and O–H groups in total. The van der Waals surface area contributed by atoms with Crippen LogP contribution in [0, 0.1) is 0 Å². The van der Waals surface area contributed by atoms with E-state index in [2.05, 4.69) is 15.6 Å². The summed E-state index contributed by atoms with van der Waals surface area (Å²) in [5.41, 5.74) is 11.2. The minimum absolute atomic E-state index is 0.388. The Labute approximate surface area is 201 Å². The molecule has 0 aromatic carbocycles. The summed E-state index contributed by atoms with van der Waals surface area (Å²) in [7, 11) is 0. The van der Waals surface area contributed by atoms with Crippen LogP contribution >= 0.6 is 0 Å². The van der Waals surface area contributed by atoms with Crippen molar-refractivity contribution in [3.8, 4) is 0 Å². The Morgan fingerprint density at radius 2 is 1.32 bits per heavy atom. The van der Waals surface area contributed by atoms with Gasteiger partial charge in [0.25, 0.3) is 0 Å². The van der Waals surface area contributed by atoms with Gasteiger partial charge in [0.15, 0.2) is 0 Å². The van der Waals surface area contributed by atoms with Gasteiger partial charge in [-0.25, -0.2) is 4.79 Å². The topological polar surface area (TPSA) is 167 Å². The summed E-state index contributed by atoms with van der Waals surface area (Å²) in [5.74, 6) is 0. The molecule has 198 valence electrons. The van der Waals surface area contributed by atoms with Gasteiger partial charge in [-0.2, -0.15) is 0 Å². The second kappa shape index (κ2) is 22.9. The number of nitrogens with one attached hydrogen (secondary N) is 1. The lowest BCUT2D eigenvalue weighted by Gasteiger charge is -2.08. The molecule has 0 aliphatic carbocycles. The number of carbonyl (C=O) groups excluding carboxylic acids is 1. The summed E-state index contributed by atoms with van der Waals surface area (Å²) in [4.78, 5) is 10.4. The fraction of sp³-hybridized carbons (Fsp3) is 0.857. The number of urea groups is 1. The molecule has 34 heavy (non-hydrogen) atoms. The Bertz CT molecular complexity index is 594. The van der Waals surface area contributed by atoms with Crippen LogP contribution in [-0.4, -0.2) is 107 Å². The van der Waals surface area contributed by atoms with Crippen molar-refractivity contribution in [2.24, 2.45) is 11.5 Å². The zero-order valence-electron chi connectivity index (χ0n) is 20.2. The van der Waals surface area contributed by atoms with Gasteiger partial charge in [0.1, 0.15) is 5.69 Å².